The van der Waals surface area contributed by atoms with Crippen LogP contribution in [-0.2, 0) is 17.8 Å². The van der Waals surface area contributed by atoms with Gasteiger partial charge in [-0.3, -0.25) is 19.5 Å². The van der Waals surface area contributed by atoms with Crippen LogP contribution in [-0.4, -0.2) is 27.5 Å². The molecule has 26 heavy (non-hydrogen) atoms. The number of fused-ring (bicyclic) bond motifs is 1. The number of urea groups is 1. The largest absolute Gasteiger partial charge is 0.335 e. The standard InChI is InChI=1S/C18H24N4O3S/c1-3-12-8-13-16(26-12)19-10-22(17(13)24)9-15(23)21-18(25)20-14-7-5-4-6-11(14)2/h8,10-11,14H,3-7,9H2,1-2H3,(H2,20,21,23,25). The maximum absolute atomic E-state index is 12.5. The van der Waals surface area contributed by atoms with E-state index in [1.807, 2.05) is 13.0 Å². The summed E-state index contributed by atoms with van der Waals surface area (Å²) in [5.74, 6) is -0.120. The molecule has 140 valence electrons. The van der Waals surface area contributed by atoms with Crippen molar-refractivity contribution >= 4 is 33.5 Å². The van der Waals surface area contributed by atoms with Gasteiger partial charge in [0.2, 0.25) is 5.91 Å². The smallest absolute Gasteiger partial charge is 0.321 e. The molecule has 2 aromatic heterocycles. The van der Waals surface area contributed by atoms with E-state index in [1.54, 1.807) is 0 Å². The minimum Gasteiger partial charge on any atom is -0.335 e. The van der Waals surface area contributed by atoms with Crippen LogP contribution in [0.3, 0.4) is 0 Å². The van der Waals surface area contributed by atoms with Gasteiger partial charge in [0.25, 0.3) is 5.56 Å². The number of nitrogens with one attached hydrogen (secondary N) is 2. The summed E-state index contributed by atoms with van der Waals surface area (Å²) in [6, 6.07) is 1.41. The van der Waals surface area contributed by atoms with Crippen LogP contribution in [0.4, 0.5) is 4.79 Å². The van der Waals surface area contributed by atoms with Gasteiger partial charge in [0.15, 0.2) is 0 Å². The van der Waals surface area contributed by atoms with Gasteiger partial charge in [0.05, 0.1) is 11.7 Å². The molecule has 0 spiro atoms. The SMILES string of the molecule is CCc1cc2c(=O)n(CC(=O)NC(=O)NC3CCCCC3C)cnc2s1. The molecule has 2 heterocycles. The van der Waals surface area contributed by atoms with Crippen LogP contribution < -0.4 is 16.2 Å². The van der Waals surface area contributed by atoms with Crippen molar-refractivity contribution in [2.24, 2.45) is 5.92 Å². The zero-order valence-corrected chi connectivity index (χ0v) is 15.9. The lowest BCUT2D eigenvalue weighted by molar-refractivity contribution is -0.120. The van der Waals surface area contributed by atoms with E-state index >= 15 is 0 Å². The highest BCUT2D eigenvalue weighted by molar-refractivity contribution is 7.18. The van der Waals surface area contributed by atoms with E-state index in [0.29, 0.717) is 16.1 Å². The van der Waals surface area contributed by atoms with Crippen molar-refractivity contribution in [2.45, 2.75) is 58.5 Å². The molecular weight excluding hydrogens is 352 g/mol. The number of carbonyl (C=O) groups is 2. The summed E-state index contributed by atoms with van der Waals surface area (Å²) >= 11 is 1.48. The van der Waals surface area contributed by atoms with Crippen LogP contribution >= 0.6 is 11.3 Å². The van der Waals surface area contributed by atoms with Crippen molar-refractivity contribution in [3.05, 3.63) is 27.6 Å². The number of hydrogen-bond donors (Lipinski definition) is 2. The normalized spacial score (nSPS) is 20.1. The van der Waals surface area contributed by atoms with Crippen LogP contribution in [0.5, 0.6) is 0 Å². The highest BCUT2D eigenvalue weighted by atomic mass is 32.1. The fourth-order valence-corrected chi connectivity index (χ4v) is 4.28. The first-order chi connectivity index (χ1) is 12.5. The Labute approximate surface area is 155 Å². The molecule has 8 heteroatoms. The number of hydrogen-bond acceptors (Lipinski definition) is 5. The maximum atomic E-state index is 12.5. The molecule has 1 aliphatic carbocycles. The first-order valence-corrected chi connectivity index (χ1v) is 9.87. The quantitative estimate of drug-likeness (QED) is 0.857. The number of amides is 3. The van der Waals surface area contributed by atoms with Crippen molar-refractivity contribution in [1.29, 1.82) is 0 Å². The molecule has 0 saturated heterocycles. The number of aryl methyl sites for hydroxylation is 1. The number of aromatic nitrogens is 2. The molecule has 3 rings (SSSR count). The van der Waals surface area contributed by atoms with Crippen molar-refractivity contribution in [1.82, 2.24) is 20.2 Å². The van der Waals surface area contributed by atoms with Crippen LogP contribution in [0.25, 0.3) is 10.2 Å². The molecule has 1 saturated carbocycles. The van der Waals surface area contributed by atoms with Gasteiger partial charge < -0.3 is 5.32 Å². The summed E-state index contributed by atoms with van der Waals surface area (Å²) in [7, 11) is 0. The van der Waals surface area contributed by atoms with Gasteiger partial charge in [-0.05, 0) is 31.2 Å². The summed E-state index contributed by atoms with van der Waals surface area (Å²) in [5, 5.41) is 5.70. The molecular formula is C18H24N4O3S. The zero-order chi connectivity index (χ0) is 18.7. The van der Waals surface area contributed by atoms with Crippen LogP contribution in [0.2, 0.25) is 0 Å². The first-order valence-electron chi connectivity index (χ1n) is 9.06. The van der Waals surface area contributed by atoms with E-state index in [0.717, 1.165) is 30.6 Å². The van der Waals surface area contributed by atoms with Crippen molar-refractivity contribution in [3.63, 3.8) is 0 Å². The van der Waals surface area contributed by atoms with Gasteiger partial charge in [-0.1, -0.05) is 26.7 Å². The van der Waals surface area contributed by atoms with Crippen molar-refractivity contribution in [2.75, 3.05) is 0 Å². The van der Waals surface area contributed by atoms with Gasteiger partial charge in [0.1, 0.15) is 11.4 Å². The number of thiophene rings is 1. The third-order valence-corrected chi connectivity index (χ3v) is 6.10. The van der Waals surface area contributed by atoms with Crippen LogP contribution in [0.1, 0.15) is 44.4 Å². The lowest BCUT2D eigenvalue weighted by Crippen LogP contribution is -2.48. The fraction of sp³-hybridized carbons (Fsp3) is 0.556. The summed E-state index contributed by atoms with van der Waals surface area (Å²) in [5.41, 5.74) is -0.262. The third kappa shape index (κ3) is 4.12. The number of imide groups is 1. The Hall–Kier alpha value is -2.22. The van der Waals surface area contributed by atoms with Gasteiger partial charge in [-0.15, -0.1) is 11.3 Å². The fourth-order valence-electron chi connectivity index (χ4n) is 3.35. The number of carbonyl (C=O) groups excluding carboxylic acids is 2. The summed E-state index contributed by atoms with van der Waals surface area (Å²) in [6.07, 6.45) is 6.48. The molecule has 7 nitrogen and oxygen atoms in total. The summed E-state index contributed by atoms with van der Waals surface area (Å²) in [4.78, 5) is 42.7. The summed E-state index contributed by atoms with van der Waals surface area (Å²) in [6.45, 7) is 3.90. The van der Waals surface area contributed by atoms with Gasteiger partial charge in [-0.2, -0.15) is 0 Å². The second-order valence-electron chi connectivity index (χ2n) is 6.85. The Morgan fingerprint density at radius 3 is 2.85 bits per heavy atom. The molecule has 2 atom stereocenters. The van der Waals surface area contributed by atoms with Crippen LogP contribution in [0.15, 0.2) is 17.2 Å². The van der Waals surface area contributed by atoms with Crippen LogP contribution in [0, 0.1) is 5.92 Å². The topological polar surface area (TPSA) is 93.1 Å². The molecule has 2 N–H and O–H groups in total. The zero-order valence-electron chi connectivity index (χ0n) is 15.1. The molecule has 3 amide bonds. The predicted octanol–water partition coefficient (Wildman–Crippen LogP) is 2.42. The van der Waals surface area contributed by atoms with Crippen molar-refractivity contribution in [3.8, 4) is 0 Å². The average Bonchev–Trinajstić information content (AvgIpc) is 3.03. The molecule has 0 bridgehead atoms. The Bertz CT molecular complexity index is 873. The predicted molar refractivity (Wildman–Crippen MR) is 101 cm³/mol. The molecule has 2 unspecified atom stereocenters. The van der Waals surface area contributed by atoms with E-state index in [2.05, 4.69) is 22.5 Å². The monoisotopic (exact) mass is 376 g/mol. The Kier molecular flexibility index (Phi) is 5.70. The van der Waals surface area contributed by atoms with E-state index in [4.69, 9.17) is 0 Å². The molecule has 0 radical (unpaired) electrons. The second kappa shape index (κ2) is 7.99. The van der Waals surface area contributed by atoms with E-state index in [1.165, 1.54) is 28.7 Å². The third-order valence-electron chi connectivity index (χ3n) is 4.91. The average molecular weight is 376 g/mol. The van der Waals surface area contributed by atoms with E-state index in [9.17, 15) is 14.4 Å². The number of nitrogens with zero attached hydrogens (tertiary/aromatic N) is 2. The molecule has 1 aliphatic rings. The molecule has 0 aromatic carbocycles. The molecule has 2 aromatic rings. The second-order valence-corrected chi connectivity index (χ2v) is 7.97. The maximum Gasteiger partial charge on any atom is 0.321 e. The lowest BCUT2D eigenvalue weighted by Gasteiger charge is -2.29. The van der Waals surface area contributed by atoms with E-state index in [-0.39, 0.29) is 18.1 Å². The Morgan fingerprint density at radius 2 is 2.12 bits per heavy atom. The molecule has 1 fully saturated rings. The Morgan fingerprint density at radius 1 is 1.35 bits per heavy atom. The minimum absolute atomic E-state index is 0.0931. The lowest BCUT2D eigenvalue weighted by atomic mass is 9.86. The summed E-state index contributed by atoms with van der Waals surface area (Å²) < 4.78 is 1.24. The minimum atomic E-state index is -0.528. The van der Waals surface area contributed by atoms with Gasteiger partial charge >= 0.3 is 6.03 Å². The van der Waals surface area contributed by atoms with Crippen molar-refractivity contribution < 1.29 is 9.59 Å². The van der Waals surface area contributed by atoms with Gasteiger partial charge in [-0.25, -0.2) is 9.78 Å². The number of rotatable bonds is 4. The first kappa shape index (κ1) is 18.6. The highest BCUT2D eigenvalue weighted by Gasteiger charge is 2.23. The Balaban J connectivity index is 1.62. The van der Waals surface area contributed by atoms with E-state index < -0.39 is 11.9 Å². The van der Waals surface area contributed by atoms with Gasteiger partial charge in [0, 0.05) is 10.9 Å². The molecule has 0 aliphatic heterocycles. The highest BCUT2D eigenvalue weighted by Crippen LogP contribution is 2.23.